The molecule has 0 unspecified atom stereocenters. The maximum Gasteiger partial charge on any atom is 0.292 e. The van der Waals surface area contributed by atoms with E-state index in [9.17, 15) is 35.1 Å². The largest absolute Gasteiger partial charge is 0.385 e. The van der Waals surface area contributed by atoms with Crippen LogP contribution >= 0.6 is 0 Å². The first kappa shape index (κ1) is 16.5. The maximum absolute atomic E-state index is 13.7. The Morgan fingerprint density at radius 1 is 0.652 bits per heavy atom. The fourth-order valence-electron chi connectivity index (χ4n) is 1.73. The van der Waals surface area contributed by atoms with Crippen LogP contribution in [0.4, 0.5) is 35.1 Å². The van der Waals surface area contributed by atoms with Gasteiger partial charge in [0.2, 0.25) is 11.6 Å². The van der Waals surface area contributed by atoms with E-state index >= 15 is 0 Å². The third-order valence-corrected chi connectivity index (χ3v) is 2.75. The van der Waals surface area contributed by atoms with Crippen molar-refractivity contribution in [1.82, 2.24) is 0 Å². The van der Waals surface area contributed by atoms with Gasteiger partial charge in [-0.1, -0.05) is 0 Å². The highest BCUT2D eigenvalue weighted by atomic mass is 19.2. The molecule has 2 aromatic rings. The van der Waals surface area contributed by atoms with Crippen molar-refractivity contribution in [3.8, 4) is 23.1 Å². The van der Waals surface area contributed by atoms with Crippen LogP contribution in [0.2, 0.25) is 0 Å². The molecule has 0 aromatic heterocycles. The first-order valence-corrected chi connectivity index (χ1v) is 5.47. The molecule has 0 fully saturated rings. The molecule has 0 N–H and O–H groups in total. The number of hydrogen-bond donors (Lipinski definition) is 0. The van der Waals surface area contributed by atoms with Gasteiger partial charge in [-0.2, -0.15) is 4.39 Å². The maximum atomic E-state index is 13.7. The predicted molar refractivity (Wildman–Crippen MR) is 57.8 cm³/mol. The van der Waals surface area contributed by atoms with Crippen molar-refractivity contribution in [3.05, 3.63) is 52.6 Å². The minimum Gasteiger partial charge on any atom is -0.385 e. The van der Waals surface area contributed by atoms with Gasteiger partial charge in [-0.15, -0.1) is 5.26 Å². The Hall–Kier alpha value is -2.83. The summed E-state index contributed by atoms with van der Waals surface area (Å²) in [5.41, 5.74) is -3.34. The smallest absolute Gasteiger partial charge is 0.292 e. The van der Waals surface area contributed by atoms with Crippen LogP contribution in [0.3, 0.4) is 0 Å². The van der Waals surface area contributed by atoms with Gasteiger partial charge in [0.05, 0.1) is 5.56 Å². The van der Waals surface area contributed by atoms with Crippen LogP contribution in [-0.2, 0) is 0 Å². The minimum atomic E-state index is -2.51. The van der Waals surface area contributed by atoms with E-state index in [1.807, 2.05) is 0 Å². The molecule has 0 bridgehead atoms. The van der Waals surface area contributed by atoms with Gasteiger partial charge in [-0.05, 0) is 6.07 Å². The predicted octanol–water partition coefficient (Wildman–Crippen LogP) is 4.33. The highest BCUT2D eigenvalue weighted by Crippen LogP contribution is 2.37. The summed E-state index contributed by atoms with van der Waals surface area (Å²) in [4.78, 5) is 0. The van der Waals surface area contributed by atoms with Gasteiger partial charge in [0.25, 0.3) is 6.26 Å². The summed E-state index contributed by atoms with van der Waals surface area (Å²) < 4.78 is 111. The van der Waals surface area contributed by atoms with Crippen LogP contribution in [0.5, 0.6) is 5.75 Å². The topological polar surface area (TPSA) is 33.0 Å². The standard InChI is InChI=1S/C13HF8NO/c14-6-3(1-4(23-2-22)7(15)10(6)18)5-8(16)11(19)13(21)12(20)9(5)17/h1H. The number of hydrogen-bond acceptors (Lipinski definition) is 2. The minimum absolute atomic E-state index is 0.0925. The molecule has 0 spiro atoms. The molecule has 2 nitrogen and oxygen atoms in total. The fourth-order valence-corrected chi connectivity index (χ4v) is 1.73. The van der Waals surface area contributed by atoms with Crippen LogP contribution in [0.15, 0.2) is 6.07 Å². The Morgan fingerprint density at radius 3 is 1.57 bits per heavy atom. The number of nitriles is 1. The lowest BCUT2D eigenvalue weighted by Crippen LogP contribution is -2.07. The Bertz CT molecular complexity index is 830. The molecule has 0 heterocycles. The molecule has 10 heteroatoms. The molecule has 0 amide bonds. The van der Waals surface area contributed by atoms with Gasteiger partial charge < -0.3 is 4.74 Å². The summed E-state index contributed by atoms with van der Waals surface area (Å²) in [6.07, 6.45) is 0.887. The second-order valence-corrected chi connectivity index (χ2v) is 4.00. The summed E-state index contributed by atoms with van der Waals surface area (Å²) in [5.74, 6) is -20.1. The molecule has 0 saturated heterocycles. The van der Waals surface area contributed by atoms with Crippen molar-refractivity contribution in [2.75, 3.05) is 0 Å². The molecule has 0 saturated carbocycles. The van der Waals surface area contributed by atoms with Crippen molar-refractivity contribution in [2.24, 2.45) is 0 Å². The number of benzene rings is 2. The van der Waals surface area contributed by atoms with E-state index < -0.39 is 63.4 Å². The highest BCUT2D eigenvalue weighted by molar-refractivity contribution is 5.68. The van der Waals surface area contributed by atoms with Crippen molar-refractivity contribution >= 4 is 0 Å². The quantitative estimate of drug-likeness (QED) is 0.353. The lowest BCUT2D eigenvalue weighted by molar-refractivity contribution is 0.379. The second-order valence-electron chi connectivity index (χ2n) is 4.00. The third-order valence-electron chi connectivity index (χ3n) is 2.75. The average molecular weight is 339 g/mol. The zero-order valence-corrected chi connectivity index (χ0v) is 10.5. The van der Waals surface area contributed by atoms with Gasteiger partial charge in [0, 0.05) is 5.56 Å². The van der Waals surface area contributed by atoms with Crippen LogP contribution in [0, 0.1) is 58.1 Å². The summed E-state index contributed by atoms with van der Waals surface area (Å²) in [5, 5.41) is 8.23. The lowest BCUT2D eigenvalue weighted by atomic mass is 10.0. The highest BCUT2D eigenvalue weighted by Gasteiger charge is 2.31. The van der Waals surface area contributed by atoms with E-state index in [0.717, 1.165) is 6.26 Å². The normalized spacial score (nSPS) is 10.6. The van der Waals surface area contributed by atoms with Crippen LogP contribution in [0.25, 0.3) is 11.1 Å². The molecule has 120 valence electrons. The molecule has 2 aromatic carbocycles. The third kappa shape index (κ3) is 2.44. The first-order valence-electron chi connectivity index (χ1n) is 5.47. The molecule has 2 rings (SSSR count). The van der Waals surface area contributed by atoms with Crippen LogP contribution < -0.4 is 4.74 Å². The fraction of sp³-hybridized carbons (Fsp3) is 0. The van der Waals surface area contributed by atoms with Gasteiger partial charge in [-0.25, -0.2) is 30.7 Å². The zero-order valence-electron chi connectivity index (χ0n) is 10.5. The van der Waals surface area contributed by atoms with Crippen LogP contribution in [0.1, 0.15) is 0 Å². The van der Waals surface area contributed by atoms with E-state index in [-0.39, 0.29) is 6.07 Å². The molecule has 0 radical (unpaired) electrons. The number of halogens is 8. The summed E-state index contributed by atoms with van der Waals surface area (Å²) in [7, 11) is 0. The van der Waals surface area contributed by atoms with E-state index in [2.05, 4.69) is 4.74 Å². The second kappa shape index (κ2) is 5.75. The zero-order chi connectivity index (χ0) is 17.5. The van der Waals surface area contributed by atoms with Gasteiger partial charge in [0.1, 0.15) is 0 Å². The molecular formula is C13HF8NO. The molecule has 0 atom stereocenters. The number of rotatable bonds is 2. The van der Waals surface area contributed by atoms with Crippen molar-refractivity contribution < 1.29 is 39.9 Å². The van der Waals surface area contributed by atoms with Gasteiger partial charge in [0.15, 0.2) is 40.7 Å². The Balaban J connectivity index is 2.91. The molecule has 0 aliphatic carbocycles. The SMILES string of the molecule is N#COc1cc(-c2c(F)c(F)c(F)c(F)c2F)c(F)c(F)c1F. The number of ether oxygens (including phenoxy) is 1. The Morgan fingerprint density at radius 2 is 1.09 bits per heavy atom. The summed E-state index contributed by atoms with van der Waals surface area (Å²) >= 11 is 0. The Kier molecular flexibility index (Phi) is 4.14. The van der Waals surface area contributed by atoms with E-state index in [1.54, 1.807) is 0 Å². The van der Waals surface area contributed by atoms with Gasteiger partial charge >= 0.3 is 0 Å². The monoisotopic (exact) mass is 339 g/mol. The summed E-state index contributed by atoms with van der Waals surface area (Å²) in [6, 6.07) is 0.0925. The molecule has 23 heavy (non-hydrogen) atoms. The van der Waals surface area contributed by atoms with E-state index in [0.29, 0.717) is 0 Å². The van der Waals surface area contributed by atoms with Crippen LogP contribution in [-0.4, -0.2) is 0 Å². The van der Waals surface area contributed by atoms with Crippen molar-refractivity contribution in [1.29, 1.82) is 5.26 Å². The Labute approximate surface area is 122 Å². The van der Waals surface area contributed by atoms with Crippen molar-refractivity contribution in [2.45, 2.75) is 0 Å². The van der Waals surface area contributed by atoms with Crippen molar-refractivity contribution in [3.63, 3.8) is 0 Å². The molecule has 0 aliphatic rings. The lowest BCUT2D eigenvalue weighted by Gasteiger charge is -2.11. The van der Waals surface area contributed by atoms with E-state index in [4.69, 9.17) is 5.26 Å². The van der Waals surface area contributed by atoms with Gasteiger partial charge in [-0.3, -0.25) is 0 Å². The number of nitrogens with zero attached hydrogens (tertiary/aromatic N) is 1. The summed E-state index contributed by atoms with van der Waals surface area (Å²) in [6.45, 7) is 0. The molecular weight excluding hydrogens is 338 g/mol. The average Bonchev–Trinajstić information content (AvgIpc) is 2.53. The molecule has 0 aliphatic heterocycles. The van der Waals surface area contributed by atoms with E-state index in [1.165, 1.54) is 0 Å². The first-order chi connectivity index (χ1) is 10.7.